The summed E-state index contributed by atoms with van der Waals surface area (Å²) in [5.74, 6) is 0.300. The summed E-state index contributed by atoms with van der Waals surface area (Å²) in [6.07, 6.45) is 5.39. The number of amides is 1. The van der Waals surface area contributed by atoms with Gasteiger partial charge in [0.15, 0.2) is 0 Å². The number of benzene rings is 1. The summed E-state index contributed by atoms with van der Waals surface area (Å²) in [6.45, 7) is 0.625. The molecule has 116 valence electrons. The van der Waals surface area contributed by atoms with E-state index in [0.29, 0.717) is 18.0 Å². The van der Waals surface area contributed by atoms with Gasteiger partial charge in [-0.3, -0.25) is 4.79 Å². The van der Waals surface area contributed by atoms with Crippen LogP contribution in [0.15, 0.2) is 24.3 Å². The Labute approximate surface area is 131 Å². The summed E-state index contributed by atoms with van der Waals surface area (Å²) in [4.78, 5) is 12.2. The Morgan fingerprint density at radius 2 is 2.05 bits per heavy atom. The van der Waals surface area contributed by atoms with Crippen LogP contribution in [0.1, 0.15) is 54.4 Å². The van der Waals surface area contributed by atoms with E-state index in [4.69, 9.17) is 0 Å². The van der Waals surface area contributed by atoms with E-state index >= 15 is 0 Å². The second kappa shape index (κ2) is 6.10. The maximum atomic E-state index is 12.2. The predicted molar refractivity (Wildman–Crippen MR) is 83.3 cm³/mol. The smallest absolute Gasteiger partial charge is 0.251 e. The van der Waals surface area contributed by atoms with Gasteiger partial charge in [0.1, 0.15) is 0 Å². The zero-order valence-electron chi connectivity index (χ0n) is 12.7. The first-order chi connectivity index (χ1) is 10.6. The van der Waals surface area contributed by atoms with Gasteiger partial charge in [-0.1, -0.05) is 18.6 Å². The molecule has 1 amide bonds. The monoisotopic (exact) mass is 298 g/mol. The highest BCUT2D eigenvalue weighted by molar-refractivity contribution is 5.94. The van der Waals surface area contributed by atoms with Crippen LogP contribution >= 0.6 is 0 Å². The van der Waals surface area contributed by atoms with Crippen molar-refractivity contribution in [1.29, 1.82) is 5.26 Å². The lowest BCUT2D eigenvalue weighted by molar-refractivity contribution is 0.0874. The van der Waals surface area contributed by atoms with Crippen LogP contribution in [0, 0.1) is 17.2 Å². The Kier molecular flexibility index (Phi) is 4.17. The molecule has 0 aliphatic heterocycles. The highest BCUT2D eigenvalue weighted by Crippen LogP contribution is 2.47. The van der Waals surface area contributed by atoms with Gasteiger partial charge in [0.05, 0.1) is 17.6 Å². The molecule has 1 aromatic carbocycles. The van der Waals surface area contributed by atoms with Crippen molar-refractivity contribution < 1.29 is 9.90 Å². The first-order valence-corrected chi connectivity index (χ1v) is 8.11. The lowest BCUT2D eigenvalue weighted by Crippen LogP contribution is -2.33. The van der Waals surface area contributed by atoms with E-state index in [1.165, 1.54) is 0 Å². The fourth-order valence-corrected chi connectivity index (χ4v) is 3.32. The van der Waals surface area contributed by atoms with Crippen LogP contribution in [0.5, 0.6) is 0 Å². The van der Waals surface area contributed by atoms with Crippen molar-refractivity contribution in [3.8, 4) is 6.07 Å². The van der Waals surface area contributed by atoms with Gasteiger partial charge < -0.3 is 10.4 Å². The van der Waals surface area contributed by atoms with Crippen LogP contribution in [-0.4, -0.2) is 23.7 Å². The molecule has 1 aromatic rings. The Morgan fingerprint density at radius 3 is 2.64 bits per heavy atom. The number of hydrogen-bond donors (Lipinski definition) is 2. The molecule has 0 spiro atoms. The molecule has 0 saturated heterocycles. The average Bonchev–Trinajstić information content (AvgIpc) is 3.34. The molecule has 2 saturated carbocycles. The van der Waals surface area contributed by atoms with Crippen LogP contribution in [0.3, 0.4) is 0 Å². The van der Waals surface area contributed by atoms with E-state index in [1.807, 2.05) is 12.1 Å². The van der Waals surface area contributed by atoms with Gasteiger partial charge in [0.2, 0.25) is 0 Å². The summed E-state index contributed by atoms with van der Waals surface area (Å²) < 4.78 is 0. The fourth-order valence-electron chi connectivity index (χ4n) is 3.32. The molecule has 0 radical (unpaired) electrons. The van der Waals surface area contributed by atoms with Crippen LogP contribution in [-0.2, 0) is 5.41 Å². The zero-order valence-corrected chi connectivity index (χ0v) is 12.7. The van der Waals surface area contributed by atoms with Gasteiger partial charge in [-0.05, 0) is 55.7 Å². The minimum absolute atomic E-state index is 0.0755. The molecule has 2 N–H and O–H groups in total. The maximum absolute atomic E-state index is 12.2. The van der Waals surface area contributed by atoms with Crippen molar-refractivity contribution in [2.24, 2.45) is 5.92 Å². The minimum atomic E-state index is -0.298. The fraction of sp³-hybridized carbons (Fsp3) is 0.556. The third-order valence-electron chi connectivity index (χ3n) is 4.97. The zero-order chi connectivity index (χ0) is 15.6. The van der Waals surface area contributed by atoms with Gasteiger partial charge in [-0.15, -0.1) is 0 Å². The maximum Gasteiger partial charge on any atom is 0.251 e. The number of aliphatic hydroxyl groups excluding tert-OH is 1. The van der Waals surface area contributed by atoms with Crippen LogP contribution in [0.4, 0.5) is 0 Å². The molecular weight excluding hydrogens is 276 g/mol. The average molecular weight is 298 g/mol. The number of carbonyl (C=O) groups is 1. The highest BCUT2D eigenvalue weighted by atomic mass is 16.3. The summed E-state index contributed by atoms with van der Waals surface area (Å²) in [7, 11) is 0. The third kappa shape index (κ3) is 3.15. The molecule has 2 fully saturated rings. The number of nitriles is 1. The number of hydrogen-bond acceptors (Lipinski definition) is 3. The second-order valence-corrected chi connectivity index (χ2v) is 6.67. The van der Waals surface area contributed by atoms with Gasteiger partial charge in [0.25, 0.3) is 5.91 Å². The van der Waals surface area contributed by atoms with E-state index in [1.54, 1.807) is 12.1 Å². The minimum Gasteiger partial charge on any atom is -0.393 e. The lowest BCUT2D eigenvalue weighted by atomic mass is 9.87. The molecule has 3 rings (SSSR count). The molecule has 0 bridgehead atoms. The molecule has 2 aliphatic rings. The van der Waals surface area contributed by atoms with Crippen molar-refractivity contribution in [2.75, 3.05) is 6.54 Å². The number of rotatable bonds is 4. The van der Waals surface area contributed by atoms with Gasteiger partial charge in [-0.2, -0.15) is 5.26 Å². The summed E-state index contributed by atoms with van der Waals surface area (Å²) in [5, 5.41) is 21.8. The molecule has 4 nitrogen and oxygen atoms in total. The molecule has 22 heavy (non-hydrogen) atoms. The standard InChI is InChI=1S/C18H22N2O2/c19-12-18(8-9-18)15-6-4-14(5-7-15)17(22)20-11-13-2-1-3-16(21)10-13/h4-7,13,16,21H,1-3,8-11H2,(H,20,22). The first-order valence-electron chi connectivity index (χ1n) is 8.11. The summed E-state index contributed by atoms with van der Waals surface area (Å²) in [6, 6.07) is 9.77. The van der Waals surface area contributed by atoms with E-state index in [2.05, 4.69) is 11.4 Å². The normalized spacial score (nSPS) is 26.0. The van der Waals surface area contributed by atoms with Gasteiger partial charge in [0, 0.05) is 12.1 Å². The SMILES string of the molecule is N#CC1(c2ccc(C(=O)NCC3CCCC(O)C3)cc2)CC1. The number of nitrogens with zero attached hydrogens (tertiary/aromatic N) is 1. The highest BCUT2D eigenvalue weighted by Gasteiger charge is 2.44. The number of carbonyl (C=O) groups excluding carboxylic acids is 1. The van der Waals surface area contributed by atoms with E-state index in [0.717, 1.165) is 44.1 Å². The van der Waals surface area contributed by atoms with Gasteiger partial charge in [-0.25, -0.2) is 0 Å². The van der Waals surface area contributed by atoms with Crippen LogP contribution in [0.2, 0.25) is 0 Å². The van der Waals surface area contributed by atoms with Crippen molar-refractivity contribution in [1.82, 2.24) is 5.32 Å². The lowest BCUT2D eigenvalue weighted by Gasteiger charge is -2.25. The third-order valence-corrected chi connectivity index (χ3v) is 4.97. The summed E-state index contributed by atoms with van der Waals surface area (Å²) in [5.41, 5.74) is 1.35. The van der Waals surface area contributed by atoms with E-state index in [9.17, 15) is 15.2 Å². The molecule has 2 aliphatic carbocycles. The number of aliphatic hydroxyl groups is 1. The Bertz CT molecular complexity index is 584. The van der Waals surface area contributed by atoms with Crippen molar-refractivity contribution in [3.05, 3.63) is 35.4 Å². The van der Waals surface area contributed by atoms with E-state index in [-0.39, 0.29) is 17.4 Å². The molecule has 2 atom stereocenters. The largest absolute Gasteiger partial charge is 0.393 e. The van der Waals surface area contributed by atoms with E-state index < -0.39 is 0 Å². The molecule has 4 heteroatoms. The van der Waals surface area contributed by atoms with Crippen LogP contribution < -0.4 is 5.32 Å². The van der Waals surface area contributed by atoms with Crippen molar-refractivity contribution in [3.63, 3.8) is 0 Å². The molecule has 2 unspecified atom stereocenters. The Morgan fingerprint density at radius 1 is 1.32 bits per heavy atom. The quantitative estimate of drug-likeness (QED) is 0.897. The Hall–Kier alpha value is -1.86. The van der Waals surface area contributed by atoms with Crippen molar-refractivity contribution in [2.45, 2.75) is 50.0 Å². The summed E-state index contributed by atoms with van der Waals surface area (Å²) >= 11 is 0. The number of nitrogens with one attached hydrogen (secondary N) is 1. The van der Waals surface area contributed by atoms with Gasteiger partial charge >= 0.3 is 0 Å². The predicted octanol–water partition coefficient (Wildman–Crippen LogP) is 2.52. The molecule has 0 heterocycles. The van der Waals surface area contributed by atoms with Crippen molar-refractivity contribution >= 4 is 5.91 Å². The molecule has 0 aromatic heterocycles. The second-order valence-electron chi connectivity index (χ2n) is 6.67. The molecular formula is C18H22N2O2. The van der Waals surface area contributed by atoms with Crippen LogP contribution in [0.25, 0.3) is 0 Å². The Balaban J connectivity index is 1.55. The topological polar surface area (TPSA) is 73.1 Å². The first kappa shape index (κ1) is 15.1.